The van der Waals surface area contributed by atoms with E-state index in [0.29, 0.717) is 13.2 Å². The van der Waals surface area contributed by atoms with Gasteiger partial charge >= 0.3 is 12.1 Å². The molecule has 1 fully saturated rings. The van der Waals surface area contributed by atoms with Crippen molar-refractivity contribution in [2.45, 2.75) is 78.4 Å². The quantitative estimate of drug-likeness (QED) is 0.546. The highest BCUT2D eigenvalue weighted by Crippen LogP contribution is 2.28. The van der Waals surface area contributed by atoms with Crippen molar-refractivity contribution in [2.24, 2.45) is 0 Å². The van der Waals surface area contributed by atoms with E-state index in [-0.39, 0.29) is 18.1 Å². The van der Waals surface area contributed by atoms with Crippen LogP contribution in [0.4, 0.5) is 4.79 Å². The Hall–Kier alpha value is -1.52. The second-order valence-corrected chi connectivity index (χ2v) is 6.91. The first-order chi connectivity index (χ1) is 10.8. The summed E-state index contributed by atoms with van der Waals surface area (Å²) in [5.41, 5.74) is 0.465. The zero-order valence-electron chi connectivity index (χ0n) is 15.2. The fourth-order valence-corrected chi connectivity index (χ4v) is 2.74. The number of esters is 1. The van der Waals surface area contributed by atoms with Crippen molar-refractivity contribution in [2.75, 3.05) is 13.2 Å². The molecule has 0 N–H and O–H groups in total. The molecule has 0 spiro atoms. The second kappa shape index (κ2) is 8.94. The van der Waals surface area contributed by atoms with Crippen LogP contribution in [0.5, 0.6) is 0 Å². The third-order valence-corrected chi connectivity index (χ3v) is 3.72. The zero-order valence-corrected chi connectivity index (χ0v) is 15.2. The van der Waals surface area contributed by atoms with Crippen LogP contribution < -0.4 is 0 Å². The first-order valence-corrected chi connectivity index (χ1v) is 8.65. The van der Waals surface area contributed by atoms with Crippen molar-refractivity contribution < 1.29 is 19.1 Å². The van der Waals surface area contributed by atoms with Gasteiger partial charge in [-0.3, -0.25) is 0 Å². The largest absolute Gasteiger partial charge is 0.463 e. The van der Waals surface area contributed by atoms with E-state index >= 15 is 0 Å². The van der Waals surface area contributed by atoms with Crippen LogP contribution in [0.2, 0.25) is 0 Å². The third-order valence-electron chi connectivity index (χ3n) is 3.72. The predicted molar refractivity (Wildman–Crippen MR) is 90.2 cm³/mol. The standard InChI is InChI=1S/C18H31NO4/c1-6-8-10-14(13-16(20)22-7-2)15-11-9-12-19(15)17(21)23-18(3,4)5/h13,15H,6-12H2,1-5H3/b14-13-. The SMILES string of the molecule is CCCC/C(=C/C(=O)OCC)C1CCCN1C(=O)OC(C)(C)C. The summed E-state index contributed by atoms with van der Waals surface area (Å²) in [4.78, 5) is 26.0. The summed E-state index contributed by atoms with van der Waals surface area (Å²) in [6.07, 6.45) is 5.91. The number of carbonyl (C=O) groups is 2. The van der Waals surface area contributed by atoms with E-state index in [4.69, 9.17) is 9.47 Å². The first-order valence-electron chi connectivity index (χ1n) is 8.65. The average molecular weight is 325 g/mol. The Balaban J connectivity index is 2.90. The lowest BCUT2D eigenvalue weighted by molar-refractivity contribution is -0.137. The summed E-state index contributed by atoms with van der Waals surface area (Å²) in [5, 5.41) is 0. The van der Waals surface area contributed by atoms with Crippen LogP contribution in [-0.2, 0) is 14.3 Å². The molecule has 132 valence electrons. The monoisotopic (exact) mass is 325 g/mol. The van der Waals surface area contributed by atoms with E-state index in [1.54, 1.807) is 17.9 Å². The molecule has 1 unspecified atom stereocenters. The van der Waals surface area contributed by atoms with Crippen molar-refractivity contribution >= 4 is 12.1 Å². The van der Waals surface area contributed by atoms with E-state index in [9.17, 15) is 9.59 Å². The number of likely N-dealkylation sites (tertiary alicyclic amines) is 1. The molecule has 5 heteroatoms. The molecule has 0 aromatic carbocycles. The van der Waals surface area contributed by atoms with Gasteiger partial charge in [0.25, 0.3) is 0 Å². The van der Waals surface area contributed by atoms with Crippen molar-refractivity contribution in [3.05, 3.63) is 11.6 Å². The second-order valence-electron chi connectivity index (χ2n) is 6.91. The van der Waals surface area contributed by atoms with Gasteiger partial charge in [0.1, 0.15) is 5.60 Å². The van der Waals surface area contributed by atoms with Gasteiger partial charge in [-0.15, -0.1) is 0 Å². The van der Waals surface area contributed by atoms with Gasteiger partial charge in [-0.2, -0.15) is 0 Å². The van der Waals surface area contributed by atoms with Crippen LogP contribution >= 0.6 is 0 Å². The lowest BCUT2D eigenvalue weighted by atomic mass is 9.98. The van der Waals surface area contributed by atoms with Gasteiger partial charge in [-0.05, 0) is 59.0 Å². The Bertz CT molecular complexity index is 437. The minimum absolute atomic E-state index is 0.0548. The fourth-order valence-electron chi connectivity index (χ4n) is 2.74. The number of hydrogen-bond acceptors (Lipinski definition) is 4. The first kappa shape index (κ1) is 19.5. The molecule has 5 nitrogen and oxygen atoms in total. The van der Waals surface area contributed by atoms with Gasteiger partial charge < -0.3 is 14.4 Å². The fraction of sp³-hybridized carbons (Fsp3) is 0.778. The maximum atomic E-state index is 12.4. The highest BCUT2D eigenvalue weighted by atomic mass is 16.6. The molecule has 1 aliphatic rings. The van der Waals surface area contributed by atoms with Gasteiger partial charge in [0.15, 0.2) is 0 Å². The number of hydrogen-bond donors (Lipinski definition) is 0. The van der Waals surface area contributed by atoms with E-state index in [1.807, 2.05) is 20.8 Å². The Morgan fingerprint density at radius 3 is 2.52 bits per heavy atom. The van der Waals surface area contributed by atoms with Crippen LogP contribution in [0.3, 0.4) is 0 Å². The van der Waals surface area contributed by atoms with Crippen LogP contribution in [0.25, 0.3) is 0 Å². The molecule has 0 bridgehead atoms. The molecule has 23 heavy (non-hydrogen) atoms. The van der Waals surface area contributed by atoms with Gasteiger partial charge in [0, 0.05) is 12.6 Å². The minimum atomic E-state index is -0.515. The topological polar surface area (TPSA) is 55.8 Å². The molecule has 0 radical (unpaired) electrons. The van der Waals surface area contributed by atoms with Crippen LogP contribution in [-0.4, -0.2) is 41.8 Å². The Morgan fingerprint density at radius 2 is 1.96 bits per heavy atom. The summed E-state index contributed by atoms with van der Waals surface area (Å²) in [6, 6.07) is -0.0548. The number of carbonyl (C=O) groups excluding carboxylic acids is 2. The van der Waals surface area contributed by atoms with E-state index < -0.39 is 5.60 Å². The number of ether oxygens (including phenoxy) is 2. The summed E-state index contributed by atoms with van der Waals surface area (Å²) < 4.78 is 10.5. The molecule has 0 aromatic rings. The maximum absolute atomic E-state index is 12.4. The number of nitrogens with zero attached hydrogens (tertiary/aromatic N) is 1. The number of rotatable bonds is 6. The molecule has 1 rings (SSSR count). The van der Waals surface area contributed by atoms with E-state index in [2.05, 4.69) is 6.92 Å². The molecule has 0 aliphatic carbocycles. The number of amides is 1. The molecule has 1 saturated heterocycles. The summed E-state index contributed by atoms with van der Waals surface area (Å²) in [7, 11) is 0. The van der Waals surface area contributed by atoms with Crippen molar-refractivity contribution in [1.29, 1.82) is 0 Å². The summed E-state index contributed by atoms with van der Waals surface area (Å²) in [5.74, 6) is -0.324. The van der Waals surface area contributed by atoms with Gasteiger partial charge in [-0.25, -0.2) is 9.59 Å². The summed E-state index contributed by atoms with van der Waals surface area (Å²) >= 11 is 0. The van der Waals surface area contributed by atoms with E-state index in [1.165, 1.54) is 0 Å². The van der Waals surface area contributed by atoms with Crippen molar-refractivity contribution in [3.8, 4) is 0 Å². The number of unbranched alkanes of at least 4 members (excludes halogenated alkanes) is 1. The third kappa shape index (κ3) is 6.63. The molecule has 0 aromatic heterocycles. The van der Waals surface area contributed by atoms with Crippen LogP contribution in [0.15, 0.2) is 11.6 Å². The Morgan fingerprint density at radius 1 is 1.26 bits per heavy atom. The van der Waals surface area contributed by atoms with Crippen molar-refractivity contribution in [1.82, 2.24) is 4.90 Å². The molecular formula is C18H31NO4. The van der Waals surface area contributed by atoms with Gasteiger partial charge in [0.05, 0.1) is 12.6 Å². The Labute approximate surface area is 140 Å². The molecule has 1 atom stereocenters. The minimum Gasteiger partial charge on any atom is -0.463 e. The molecule has 1 heterocycles. The summed E-state index contributed by atoms with van der Waals surface area (Å²) in [6.45, 7) is 10.5. The average Bonchev–Trinajstić information content (AvgIpc) is 2.91. The van der Waals surface area contributed by atoms with Gasteiger partial charge in [0.2, 0.25) is 0 Å². The maximum Gasteiger partial charge on any atom is 0.410 e. The highest BCUT2D eigenvalue weighted by molar-refractivity contribution is 5.83. The Kier molecular flexibility index (Phi) is 7.59. The molecular weight excluding hydrogens is 294 g/mol. The smallest absolute Gasteiger partial charge is 0.410 e. The van der Waals surface area contributed by atoms with Crippen molar-refractivity contribution in [3.63, 3.8) is 0 Å². The van der Waals surface area contributed by atoms with E-state index in [0.717, 1.165) is 37.7 Å². The zero-order chi connectivity index (χ0) is 17.5. The lowest BCUT2D eigenvalue weighted by Gasteiger charge is -2.30. The molecule has 0 saturated carbocycles. The van der Waals surface area contributed by atoms with Crippen LogP contribution in [0.1, 0.15) is 66.7 Å². The van der Waals surface area contributed by atoms with Gasteiger partial charge in [-0.1, -0.05) is 13.3 Å². The predicted octanol–water partition coefficient (Wildman–Crippen LogP) is 4.07. The normalized spacial score (nSPS) is 18.9. The van der Waals surface area contributed by atoms with Crippen LogP contribution in [0, 0.1) is 0 Å². The molecule has 1 amide bonds. The lowest BCUT2D eigenvalue weighted by Crippen LogP contribution is -2.40. The molecule has 1 aliphatic heterocycles. The highest BCUT2D eigenvalue weighted by Gasteiger charge is 2.34.